The maximum Gasteiger partial charge on any atom is 0.264 e. The lowest BCUT2D eigenvalue weighted by molar-refractivity contribution is -0.139. The first-order chi connectivity index (χ1) is 17.9. The van der Waals surface area contributed by atoms with Crippen molar-refractivity contribution in [2.75, 3.05) is 10.8 Å². The zero-order chi connectivity index (χ0) is 28.0. The Hall–Kier alpha value is -3.24. The minimum atomic E-state index is -4.20. The van der Waals surface area contributed by atoms with Crippen LogP contribution < -0.4 is 9.62 Å². The van der Waals surface area contributed by atoms with Crippen molar-refractivity contribution in [1.82, 2.24) is 10.2 Å². The lowest BCUT2D eigenvalue weighted by Gasteiger charge is -2.32. The van der Waals surface area contributed by atoms with E-state index >= 15 is 0 Å². The van der Waals surface area contributed by atoms with Crippen molar-refractivity contribution < 1.29 is 22.4 Å². The molecule has 202 valence electrons. The highest BCUT2D eigenvalue weighted by molar-refractivity contribution is 9.10. The minimum absolute atomic E-state index is 0.00985. The number of aryl methyl sites for hydroxylation is 1. The van der Waals surface area contributed by atoms with Gasteiger partial charge in [-0.05, 0) is 81.8 Å². The largest absolute Gasteiger partial charge is 0.352 e. The van der Waals surface area contributed by atoms with E-state index in [1.54, 1.807) is 19.1 Å². The van der Waals surface area contributed by atoms with Crippen LogP contribution in [0.5, 0.6) is 0 Å². The standard InChI is InChI=1S/C28H31BrFN3O4S/c1-19(2)31-28(35)21(4)32(17-22-6-5-7-23(29)16-22)27(34)18-33(25-12-10-24(30)11-13-25)38(36,37)26-14-8-20(3)9-15-26/h5-16,19,21H,17-18H2,1-4H3,(H,31,35)/t21-/m1/s1. The molecule has 0 aliphatic rings. The van der Waals surface area contributed by atoms with Crippen LogP contribution in [0.15, 0.2) is 82.2 Å². The Morgan fingerprint density at radius 1 is 0.974 bits per heavy atom. The van der Waals surface area contributed by atoms with E-state index < -0.39 is 34.3 Å². The highest BCUT2D eigenvalue weighted by atomic mass is 79.9. The molecular weight excluding hydrogens is 573 g/mol. The van der Waals surface area contributed by atoms with Crippen LogP contribution in [-0.2, 0) is 26.2 Å². The number of hydrogen-bond acceptors (Lipinski definition) is 4. The first-order valence-corrected chi connectivity index (χ1v) is 14.3. The van der Waals surface area contributed by atoms with Gasteiger partial charge in [0.15, 0.2) is 0 Å². The van der Waals surface area contributed by atoms with Gasteiger partial charge in [0.2, 0.25) is 11.8 Å². The third kappa shape index (κ3) is 7.41. The van der Waals surface area contributed by atoms with Gasteiger partial charge >= 0.3 is 0 Å². The van der Waals surface area contributed by atoms with Gasteiger partial charge < -0.3 is 10.2 Å². The normalized spacial score (nSPS) is 12.2. The van der Waals surface area contributed by atoms with Crippen LogP contribution in [-0.4, -0.2) is 43.8 Å². The molecule has 2 amide bonds. The molecule has 3 aromatic rings. The molecule has 0 fully saturated rings. The van der Waals surface area contributed by atoms with Gasteiger partial charge in [-0.15, -0.1) is 0 Å². The first-order valence-electron chi connectivity index (χ1n) is 12.1. The number of rotatable bonds is 10. The van der Waals surface area contributed by atoms with Gasteiger partial charge in [0, 0.05) is 17.1 Å². The number of anilines is 1. The van der Waals surface area contributed by atoms with Crippen molar-refractivity contribution >= 4 is 43.5 Å². The molecule has 0 radical (unpaired) electrons. The smallest absolute Gasteiger partial charge is 0.264 e. The Labute approximate surface area is 231 Å². The van der Waals surface area contributed by atoms with Crippen molar-refractivity contribution in [3.63, 3.8) is 0 Å². The Bertz CT molecular complexity index is 1380. The highest BCUT2D eigenvalue weighted by Gasteiger charge is 2.32. The molecule has 3 aromatic carbocycles. The Morgan fingerprint density at radius 2 is 1.61 bits per heavy atom. The molecular formula is C28H31BrFN3O4S. The van der Waals surface area contributed by atoms with Crippen LogP contribution in [0.2, 0.25) is 0 Å². The zero-order valence-electron chi connectivity index (χ0n) is 21.7. The van der Waals surface area contributed by atoms with E-state index in [1.807, 2.05) is 45.0 Å². The third-order valence-electron chi connectivity index (χ3n) is 5.84. The van der Waals surface area contributed by atoms with Crippen molar-refractivity contribution in [3.8, 4) is 0 Å². The number of nitrogens with one attached hydrogen (secondary N) is 1. The number of carbonyl (C=O) groups is 2. The molecule has 10 heteroatoms. The quantitative estimate of drug-likeness (QED) is 0.352. The van der Waals surface area contributed by atoms with Gasteiger partial charge in [0.1, 0.15) is 18.4 Å². The summed E-state index contributed by atoms with van der Waals surface area (Å²) in [7, 11) is -4.20. The van der Waals surface area contributed by atoms with E-state index in [-0.39, 0.29) is 29.1 Å². The molecule has 0 unspecified atom stereocenters. The van der Waals surface area contributed by atoms with Gasteiger partial charge in [-0.3, -0.25) is 13.9 Å². The fraction of sp³-hybridized carbons (Fsp3) is 0.286. The van der Waals surface area contributed by atoms with Gasteiger partial charge in [0.05, 0.1) is 10.6 Å². The van der Waals surface area contributed by atoms with E-state index in [1.165, 1.54) is 29.2 Å². The maximum absolute atomic E-state index is 13.8. The van der Waals surface area contributed by atoms with E-state index in [0.717, 1.165) is 32.0 Å². The van der Waals surface area contributed by atoms with E-state index in [4.69, 9.17) is 0 Å². The van der Waals surface area contributed by atoms with Crippen LogP contribution in [0.3, 0.4) is 0 Å². The van der Waals surface area contributed by atoms with Crippen LogP contribution in [0.4, 0.5) is 10.1 Å². The predicted molar refractivity (Wildman–Crippen MR) is 150 cm³/mol. The van der Waals surface area contributed by atoms with Gasteiger partial charge in [-0.1, -0.05) is 45.8 Å². The van der Waals surface area contributed by atoms with Crippen LogP contribution in [0.1, 0.15) is 31.9 Å². The summed E-state index contributed by atoms with van der Waals surface area (Å²) in [4.78, 5) is 28.1. The molecule has 1 atom stereocenters. The number of amides is 2. The summed E-state index contributed by atoms with van der Waals surface area (Å²) in [5.74, 6) is -1.49. The number of sulfonamides is 1. The van der Waals surface area contributed by atoms with Gasteiger partial charge in [0.25, 0.3) is 10.0 Å². The molecule has 0 aliphatic carbocycles. The molecule has 0 spiro atoms. The maximum atomic E-state index is 13.8. The molecule has 1 N–H and O–H groups in total. The molecule has 0 aromatic heterocycles. The Morgan fingerprint density at radius 3 is 2.18 bits per heavy atom. The van der Waals surface area contributed by atoms with Crippen molar-refractivity contribution in [1.29, 1.82) is 0 Å². The summed E-state index contributed by atoms with van der Waals surface area (Å²) in [5, 5.41) is 2.81. The van der Waals surface area contributed by atoms with Crippen LogP contribution in [0, 0.1) is 12.7 Å². The molecule has 7 nitrogen and oxygen atoms in total. The summed E-state index contributed by atoms with van der Waals surface area (Å²) >= 11 is 3.42. The number of nitrogens with zero attached hydrogens (tertiary/aromatic N) is 2. The monoisotopic (exact) mass is 603 g/mol. The zero-order valence-corrected chi connectivity index (χ0v) is 24.1. The fourth-order valence-electron chi connectivity index (χ4n) is 3.79. The number of hydrogen-bond donors (Lipinski definition) is 1. The third-order valence-corrected chi connectivity index (χ3v) is 8.12. The van der Waals surface area contributed by atoms with Crippen molar-refractivity contribution in [2.24, 2.45) is 0 Å². The summed E-state index contributed by atoms with van der Waals surface area (Å²) in [6.45, 7) is 6.55. The summed E-state index contributed by atoms with van der Waals surface area (Å²) in [5.41, 5.74) is 1.76. The van der Waals surface area contributed by atoms with Gasteiger partial charge in [-0.2, -0.15) is 0 Å². The summed E-state index contributed by atoms with van der Waals surface area (Å²) in [6, 6.07) is 17.4. The van der Waals surface area contributed by atoms with Crippen LogP contribution >= 0.6 is 15.9 Å². The Kier molecular flexibility index (Phi) is 9.67. The van der Waals surface area contributed by atoms with Gasteiger partial charge in [-0.25, -0.2) is 12.8 Å². The number of benzene rings is 3. The molecule has 0 heterocycles. The molecule has 3 rings (SSSR count). The van der Waals surface area contributed by atoms with Crippen LogP contribution in [0.25, 0.3) is 0 Å². The van der Waals surface area contributed by atoms with E-state index in [9.17, 15) is 22.4 Å². The van der Waals surface area contributed by atoms with E-state index in [0.29, 0.717) is 0 Å². The summed E-state index contributed by atoms with van der Waals surface area (Å²) < 4.78 is 42.9. The lowest BCUT2D eigenvalue weighted by Crippen LogP contribution is -2.52. The Balaban J connectivity index is 2.02. The highest BCUT2D eigenvalue weighted by Crippen LogP contribution is 2.25. The lowest BCUT2D eigenvalue weighted by atomic mass is 10.1. The number of halogens is 2. The second-order valence-corrected chi connectivity index (χ2v) is 12.1. The second-order valence-electron chi connectivity index (χ2n) is 9.29. The average Bonchev–Trinajstić information content (AvgIpc) is 2.86. The first kappa shape index (κ1) is 29.3. The predicted octanol–water partition coefficient (Wildman–Crippen LogP) is 5.03. The fourth-order valence-corrected chi connectivity index (χ4v) is 5.65. The number of carbonyl (C=O) groups excluding carboxylic acids is 2. The second kappa shape index (κ2) is 12.5. The molecule has 0 saturated heterocycles. The topological polar surface area (TPSA) is 86.8 Å². The summed E-state index contributed by atoms with van der Waals surface area (Å²) in [6.07, 6.45) is 0. The van der Waals surface area contributed by atoms with Crippen molar-refractivity contribution in [2.45, 2.75) is 51.2 Å². The average molecular weight is 605 g/mol. The molecule has 0 aliphatic heterocycles. The molecule has 0 bridgehead atoms. The van der Waals surface area contributed by atoms with Crippen molar-refractivity contribution in [3.05, 3.63) is 94.2 Å². The van der Waals surface area contributed by atoms with E-state index in [2.05, 4.69) is 21.2 Å². The minimum Gasteiger partial charge on any atom is -0.352 e. The SMILES string of the molecule is Cc1ccc(S(=O)(=O)N(CC(=O)N(Cc2cccc(Br)c2)[C@H](C)C(=O)NC(C)C)c2ccc(F)cc2)cc1. The molecule has 38 heavy (non-hydrogen) atoms. The molecule has 0 saturated carbocycles.